The summed E-state index contributed by atoms with van der Waals surface area (Å²) in [5.41, 5.74) is 4.35. The lowest BCUT2D eigenvalue weighted by molar-refractivity contribution is -0.145. The number of aromatic amines is 1. The summed E-state index contributed by atoms with van der Waals surface area (Å²) in [5.74, 6) is -6.64. The van der Waals surface area contributed by atoms with Crippen molar-refractivity contribution in [2.45, 2.75) is 75.5 Å². The molecule has 0 aliphatic carbocycles. The molecule has 19 nitrogen and oxygen atoms in total. The number of aliphatic carboxylic acids is 2. The van der Waals surface area contributed by atoms with E-state index < -0.39 is 103 Å². The molecule has 0 bridgehead atoms. The van der Waals surface area contributed by atoms with Crippen molar-refractivity contribution < 1.29 is 54.6 Å². The Morgan fingerprint density at radius 1 is 1.11 bits per heavy atom. The van der Waals surface area contributed by atoms with Gasteiger partial charge in [0.2, 0.25) is 11.8 Å². The number of ether oxygens (including phenoxy) is 1. The monoisotopic (exact) mass is 638 g/mol. The number of hydrogen-bond acceptors (Lipinski definition) is 13. The summed E-state index contributed by atoms with van der Waals surface area (Å²) < 4.78 is 6.38. The highest BCUT2D eigenvalue weighted by Crippen LogP contribution is 2.31. The number of H-pyrrole nitrogens is 1. The van der Waals surface area contributed by atoms with Gasteiger partial charge in [-0.3, -0.25) is 33.7 Å². The molecule has 2 amide bonds. The third-order valence-electron chi connectivity index (χ3n) is 7.31. The highest BCUT2D eigenvalue weighted by atomic mass is 16.6. The van der Waals surface area contributed by atoms with Crippen LogP contribution in [0.4, 0.5) is 0 Å². The Morgan fingerprint density at radius 3 is 2.36 bits per heavy atom. The molecule has 3 rings (SSSR count). The van der Waals surface area contributed by atoms with Crippen molar-refractivity contribution >= 4 is 23.8 Å². The van der Waals surface area contributed by atoms with Gasteiger partial charge in [-0.1, -0.05) is 6.92 Å². The van der Waals surface area contributed by atoms with Crippen LogP contribution in [0.5, 0.6) is 5.75 Å². The third-order valence-corrected chi connectivity index (χ3v) is 7.31. The molecule has 9 atom stereocenters. The molecule has 1 saturated heterocycles. The fourth-order valence-corrected chi connectivity index (χ4v) is 4.58. The van der Waals surface area contributed by atoms with E-state index in [4.69, 9.17) is 15.6 Å². The summed E-state index contributed by atoms with van der Waals surface area (Å²) in [4.78, 5) is 79.5. The molecule has 0 radical (unpaired) electrons. The zero-order valence-electron chi connectivity index (χ0n) is 23.9. The molecule has 2 aromatic rings. The maximum Gasteiger partial charge on any atom is 0.330 e. The van der Waals surface area contributed by atoms with Crippen LogP contribution in [0.3, 0.4) is 0 Å². The van der Waals surface area contributed by atoms with E-state index in [0.717, 1.165) is 17.0 Å². The number of aliphatic hydroxyl groups excluding tert-OH is 3. The molecule has 0 saturated carbocycles. The summed E-state index contributed by atoms with van der Waals surface area (Å²) in [6, 6.07) is -2.82. The first-order chi connectivity index (χ1) is 21.0. The lowest BCUT2D eigenvalue weighted by Crippen LogP contribution is -2.61. The lowest BCUT2D eigenvalue weighted by Gasteiger charge is -2.30. The first-order valence-corrected chi connectivity index (χ1v) is 13.5. The van der Waals surface area contributed by atoms with Crippen LogP contribution in [0.2, 0.25) is 0 Å². The molecule has 0 spiro atoms. The van der Waals surface area contributed by atoms with Gasteiger partial charge >= 0.3 is 17.6 Å². The molecule has 1 aliphatic rings. The number of aryl methyl sites for hydroxylation is 1. The van der Waals surface area contributed by atoms with Crippen LogP contribution in [0.1, 0.15) is 43.4 Å². The summed E-state index contributed by atoms with van der Waals surface area (Å²) in [7, 11) is 0. The Morgan fingerprint density at radius 2 is 1.78 bits per heavy atom. The zero-order chi connectivity index (χ0) is 33.7. The summed E-state index contributed by atoms with van der Waals surface area (Å²) in [5, 5.41) is 64.5. The van der Waals surface area contributed by atoms with Gasteiger partial charge in [-0.25, -0.2) is 9.59 Å². The van der Waals surface area contributed by atoms with E-state index in [1.165, 1.54) is 26.0 Å². The predicted molar refractivity (Wildman–Crippen MR) is 148 cm³/mol. The van der Waals surface area contributed by atoms with Gasteiger partial charge in [0.25, 0.3) is 5.56 Å². The number of aromatic nitrogens is 3. The molecule has 3 heterocycles. The SMILES string of the molecule is Cc1cn([C@@H]2O[C@H]([C@H](NC(=O)[C@@H](N)[C@H](C)[C@H](O)c3ccc(O)cn3)C(=O)N[C@@H](CCC(=O)O)C(=O)O)[C@@H](O)[C@H]2O)c(=O)[nH]c1=O. The molecule has 19 heteroatoms. The number of nitrogens with two attached hydrogens (primary N) is 1. The third kappa shape index (κ3) is 8.08. The van der Waals surface area contributed by atoms with Gasteiger partial charge in [0.1, 0.15) is 42.2 Å². The van der Waals surface area contributed by atoms with Crippen LogP contribution in [0.15, 0.2) is 34.1 Å². The summed E-state index contributed by atoms with van der Waals surface area (Å²) in [6.45, 7) is 2.71. The van der Waals surface area contributed by atoms with E-state index in [0.29, 0.717) is 0 Å². The Hall–Kier alpha value is -4.69. The average molecular weight is 639 g/mol. The van der Waals surface area contributed by atoms with Gasteiger partial charge in [0, 0.05) is 24.1 Å². The molecule has 0 unspecified atom stereocenters. The number of carboxylic acid groups (broad SMARTS) is 2. The van der Waals surface area contributed by atoms with Crippen LogP contribution in [0.25, 0.3) is 0 Å². The van der Waals surface area contributed by atoms with Crippen molar-refractivity contribution in [3.05, 3.63) is 56.6 Å². The highest BCUT2D eigenvalue weighted by Gasteiger charge is 2.51. The Labute approximate surface area is 253 Å². The molecule has 11 N–H and O–H groups in total. The number of nitrogens with one attached hydrogen (secondary N) is 3. The second-order valence-corrected chi connectivity index (χ2v) is 10.5. The molecule has 246 valence electrons. The number of carbonyl (C=O) groups is 4. The van der Waals surface area contributed by atoms with Crippen molar-refractivity contribution in [1.29, 1.82) is 0 Å². The van der Waals surface area contributed by atoms with E-state index in [1.54, 1.807) is 0 Å². The first kappa shape index (κ1) is 34.8. The molecular weight excluding hydrogens is 604 g/mol. The minimum absolute atomic E-state index is 0.0234. The predicted octanol–water partition coefficient (Wildman–Crippen LogP) is -3.82. The van der Waals surface area contributed by atoms with Crippen LogP contribution < -0.4 is 27.6 Å². The van der Waals surface area contributed by atoms with Crippen LogP contribution >= 0.6 is 0 Å². The molecular formula is C26H34N6O13. The standard InChI is InChI=1S/C26H34N6O13/c1-9-8-32(26(44)31-21(9)39)24-19(38)18(37)20(45-24)16(23(41)29-13(25(42)43)5-6-14(34)35)30-22(40)15(27)10(2)17(36)12-4-3-11(33)7-28-12/h3-4,7-8,10,13,15-20,24,33,36-38H,5-6,27H2,1-2H3,(H,29,41)(H,30,40)(H,34,35)(H,42,43)(H,31,39,44)/t10-,13-,15-,16-,17-,18-,19+,20+,24+/m0/s1. The summed E-state index contributed by atoms with van der Waals surface area (Å²) in [6.07, 6.45) is -8.04. The van der Waals surface area contributed by atoms with E-state index in [9.17, 15) is 54.3 Å². The van der Waals surface area contributed by atoms with Crippen molar-refractivity contribution in [1.82, 2.24) is 25.2 Å². The van der Waals surface area contributed by atoms with Crippen molar-refractivity contribution in [3.8, 4) is 5.75 Å². The van der Waals surface area contributed by atoms with Crippen molar-refractivity contribution in [2.75, 3.05) is 0 Å². The van der Waals surface area contributed by atoms with E-state index in [1.807, 2.05) is 4.98 Å². The highest BCUT2D eigenvalue weighted by molar-refractivity contribution is 5.92. The van der Waals surface area contributed by atoms with Gasteiger partial charge in [-0.2, -0.15) is 0 Å². The first-order valence-electron chi connectivity index (χ1n) is 13.5. The quantitative estimate of drug-likeness (QED) is 0.100. The molecule has 1 aliphatic heterocycles. The van der Waals surface area contributed by atoms with Gasteiger partial charge in [-0.15, -0.1) is 0 Å². The Bertz CT molecular complexity index is 1530. The number of pyridine rings is 1. The van der Waals surface area contributed by atoms with Crippen LogP contribution in [0, 0.1) is 12.8 Å². The number of aliphatic hydroxyl groups is 3. The van der Waals surface area contributed by atoms with Crippen LogP contribution in [-0.2, 0) is 23.9 Å². The smallest absolute Gasteiger partial charge is 0.330 e. The Kier molecular flexibility index (Phi) is 11.1. The topological polar surface area (TPSA) is 317 Å². The van der Waals surface area contributed by atoms with Crippen molar-refractivity contribution in [3.63, 3.8) is 0 Å². The number of hydrogen-bond donors (Lipinski definition) is 10. The lowest BCUT2D eigenvalue weighted by atomic mass is 9.92. The molecule has 0 aromatic carbocycles. The second-order valence-electron chi connectivity index (χ2n) is 10.5. The van der Waals surface area contributed by atoms with Crippen molar-refractivity contribution in [2.24, 2.45) is 11.7 Å². The fourth-order valence-electron chi connectivity index (χ4n) is 4.58. The minimum atomic E-state index is -2.00. The van der Waals surface area contributed by atoms with E-state index in [-0.39, 0.29) is 17.0 Å². The van der Waals surface area contributed by atoms with Crippen LogP contribution in [-0.4, -0.2) is 105 Å². The van der Waals surface area contributed by atoms with Gasteiger partial charge in [-0.05, 0) is 25.5 Å². The summed E-state index contributed by atoms with van der Waals surface area (Å²) >= 11 is 0. The number of carboxylic acids is 2. The fraction of sp³-hybridized carbons (Fsp3) is 0.500. The number of amides is 2. The van der Waals surface area contributed by atoms with Gasteiger partial charge < -0.3 is 51.7 Å². The van der Waals surface area contributed by atoms with E-state index in [2.05, 4.69) is 15.6 Å². The second kappa shape index (κ2) is 14.4. The Balaban J connectivity index is 1.93. The number of rotatable bonds is 13. The maximum absolute atomic E-state index is 13.4. The number of carbonyl (C=O) groups excluding carboxylic acids is 2. The zero-order valence-corrected chi connectivity index (χ0v) is 23.9. The van der Waals surface area contributed by atoms with E-state index >= 15 is 0 Å². The molecule has 45 heavy (non-hydrogen) atoms. The average Bonchev–Trinajstić information content (AvgIpc) is 3.27. The number of aromatic hydroxyl groups is 1. The molecule has 2 aromatic heterocycles. The largest absolute Gasteiger partial charge is 0.506 e. The minimum Gasteiger partial charge on any atom is -0.506 e. The van der Waals surface area contributed by atoms with Gasteiger partial charge in [0.15, 0.2) is 6.23 Å². The molecule has 1 fully saturated rings. The van der Waals surface area contributed by atoms with Gasteiger partial charge in [0.05, 0.1) is 17.9 Å². The number of nitrogens with zero attached hydrogens (tertiary/aromatic N) is 2. The normalized spacial score (nSPS) is 22.9. The maximum atomic E-state index is 13.4.